The summed E-state index contributed by atoms with van der Waals surface area (Å²) in [7, 11) is 0. The van der Waals surface area contributed by atoms with Gasteiger partial charge in [-0.25, -0.2) is 0 Å². The highest BCUT2D eigenvalue weighted by Gasteiger charge is 2.28. The molecule has 0 nitrogen and oxygen atoms in total. The molecule has 0 saturated heterocycles. The average molecular weight is 261 g/mol. The largest absolute Gasteiger partial charge is 0.189 e. The molecule has 5 heteroatoms. The smallest absolute Gasteiger partial charge is 0.125 e. The minimum atomic E-state index is -1.10. The Labute approximate surface area is 76.5 Å². The van der Waals surface area contributed by atoms with Gasteiger partial charge >= 0.3 is 0 Å². The van der Waals surface area contributed by atoms with Gasteiger partial charge in [0.25, 0.3) is 0 Å². The fraction of sp³-hybridized carbons (Fsp3) is 1.00. The third-order valence-electron chi connectivity index (χ3n) is 0.491. The minimum absolute atomic E-state index is 0.222. The van der Waals surface area contributed by atoms with Crippen molar-refractivity contribution >= 4 is 62.3 Å². The Morgan fingerprint density at radius 1 is 1.50 bits per heavy atom. The highest BCUT2D eigenvalue weighted by atomic mass is 79.9. The summed E-state index contributed by atoms with van der Waals surface area (Å²) in [6.45, 7) is 0. The zero-order valence-electron chi connectivity index (χ0n) is 3.67. The molecule has 0 aromatic rings. The number of hydrogen-bond acceptors (Lipinski definition) is 0. The molecule has 0 radical (unpaired) electrons. The van der Waals surface area contributed by atoms with Crippen LogP contribution in [0.4, 0.5) is 0 Å². The molecule has 0 aromatic heterocycles. The van der Waals surface area contributed by atoms with Gasteiger partial charge in [-0.05, 0) is 15.9 Å². The average Bonchev–Trinajstić information content (AvgIpc) is 1.62. The molecule has 0 rings (SSSR count). The van der Waals surface area contributed by atoms with Gasteiger partial charge in [-0.15, -0.1) is 23.2 Å². The van der Waals surface area contributed by atoms with Crippen LogP contribution in [0.5, 0.6) is 0 Å². The van der Waals surface area contributed by atoms with E-state index in [1.165, 1.54) is 0 Å². The molecule has 0 aliphatic carbocycles. The van der Waals surface area contributed by atoms with Gasteiger partial charge < -0.3 is 0 Å². The summed E-state index contributed by atoms with van der Waals surface area (Å²) >= 11 is 24.6. The molecule has 1 atom stereocenters. The molecule has 0 heterocycles. The zero-order valence-corrected chi connectivity index (χ0v) is 8.28. The summed E-state index contributed by atoms with van der Waals surface area (Å²) in [5.74, 6) is 0.222. The predicted octanol–water partition coefficient (Wildman–Crippen LogP) is 3.36. The summed E-state index contributed by atoms with van der Waals surface area (Å²) in [5, 5.41) is -0.465. The van der Waals surface area contributed by atoms with Gasteiger partial charge in [0.05, 0.1) is 5.38 Å². The van der Waals surface area contributed by atoms with Crippen molar-refractivity contribution in [1.82, 2.24) is 0 Å². The standard InChI is InChI=1S/C3H3BrCl4/c4-3(7,8)2(6)1-5/h2H,1H2. The number of rotatable bonds is 2. The molecule has 0 aliphatic rings. The lowest BCUT2D eigenvalue weighted by atomic mass is 10.5. The van der Waals surface area contributed by atoms with Crippen LogP contribution in [-0.2, 0) is 0 Å². The number of halogens is 5. The first kappa shape index (κ1) is 9.64. The fourth-order valence-electron chi connectivity index (χ4n) is 0.0875. The highest BCUT2D eigenvalue weighted by molar-refractivity contribution is 9.11. The summed E-state index contributed by atoms with van der Waals surface area (Å²) < 4.78 is -1.10. The molecule has 0 fully saturated rings. The second-order valence-corrected chi connectivity index (χ2v) is 5.55. The Balaban J connectivity index is 3.62. The van der Waals surface area contributed by atoms with Crippen molar-refractivity contribution in [2.75, 3.05) is 5.88 Å². The van der Waals surface area contributed by atoms with E-state index < -0.39 is 8.62 Å². The van der Waals surface area contributed by atoms with Crippen molar-refractivity contribution in [2.45, 2.75) is 8.62 Å². The van der Waals surface area contributed by atoms with Gasteiger partial charge in [0.15, 0.2) is 3.24 Å². The van der Waals surface area contributed by atoms with Crippen molar-refractivity contribution < 1.29 is 0 Å². The van der Waals surface area contributed by atoms with E-state index in [1.807, 2.05) is 0 Å². The first-order valence-electron chi connectivity index (χ1n) is 1.75. The molecule has 8 heavy (non-hydrogen) atoms. The second-order valence-electron chi connectivity index (χ2n) is 1.16. The molecule has 0 bridgehead atoms. The Morgan fingerprint density at radius 3 is 1.88 bits per heavy atom. The molecule has 50 valence electrons. The van der Waals surface area contributed by atoms with Crippen molar-refractivity contribution in [3.05, 3.63) is 0 Å². The van der Waals surface area contributed by atoms with E-state index >= 15 is 0 Å². The van der Waals surface area contributed by atoms with E-state index in [0.29, 0.717) is 0 Å². The van der Waals surface area contributed by atoms with Crippen LogP contribution in [0.15, 0.2) is 0 Å². The van der Waals surface area contributed by atoms with Gasteiger partial charge in [-0.2, -0.15) is 0 Å². The molecule has 0 saturated carbocycles. The Bertz CT molecular complexity index is 68.2. The summed E-state index contributed by atoms with van der Waals surface area (Å²) in [6.07, 6.45) is 0. The molecule has 0 aliphatic heterocycles. The van der Waals surface area contributed by atoms with Crippen LogP contribution in [0, 0.1) is 0 Å². The van der Waals surface area contributed by atoms with Gasteiger partial charge in [0.1, 0.15) is 0 Å². The zero-order chi connectivity index (χ0) is 6.78. The Morgan fingerprint density at radius 2 is 1.88 bits per heavy atom. The van der Waals surface area contributed by atoms with Crippen LogP contribution in [0.1, 0.15) is 0 Å². The molecular formula is C3H3BrCl4. The molecule has 0 N–H and O–H groups in total. The molecule has 0 amide bonds. The van der Waals surface area contributed by atoms with Gasteiger partial charge in [-0.3, -0.25) is 0 Å². The van der Waals surface area contributed by atoms with Gasteiger partial charge in [-0.1, -0.05) is 23.2 Å². The second kappa shape index (κ2) is 3.72. The van der Waals surface area contributed by atoms with Gasteiger partial charge in [0, 0.05) is 5.88 Å². The van der Waals surface area contributed by atoms with Crippen molar-refractivity contribution in [3.8, 4) is 0 Å². The van der Waals surface area contributed by atoms with Crippen LogP contribution in [0.3, 0.4) is 0 Å². The molecule has 0 aromatic carbocycles. The SMILES string of the molecule is ClCC(Cl)C(Cl)(Cl)Br. The van der Waals surface area contributed by atoms with Crippen LogP contribution in [-0.4, -0.2) is 14.5 Å². The summed E-state index contributed by atoms with van der Waals surface area (Å²) in [5.41, 5.74) is 0. The molecule has 1 unspecified atom stereocenters. The van der Waals surface area contributed by atoms with E-state index in [2.05, 4.69) is 15.9 Å². The van der Waals surface area contributed by atoms with Crippen molar-refractivity contribution in [3.63, 3.8) is 0 Å². The Hall–Kier alpha value is 1.64. The van der Waals surface area contributed by atoms with E-state index in [9.17, 15) is 0 Å². The lowest BCUT2D eigenvalue weighted by Gasteiger charge is -2.14. The number of alkyl halides is 5. The summed E-state index contributed by atoms with van der Waals surface area (Å²) in [4.78, 5) is 0. The quantitative estimate of drug-likeness (QED) is 0.668. The lowest BCUT2D eigenvalue weighted by Crippen LogP contribution is -2.19. The lowest BCUT2D eigenvalue weighted by molar-refractivity contribution is 1.02. The first-order valence-corrected chi connectivity index (χ1v) is 4.27. The van der Waals surface area contributed by atoms with E-state index in [1.54, 1.807) is 0 Å². The van der Waals surface area contributed by atoms with E-state index in [4.69, 9.17) is 46.4 Å². The van der Waals surface area contributed by atoms with Gasteiger partial charge in [0.2, 0.25) is 0 Å². The van der Waals surface area contributed by atoms with Crippen LogP contribution >= 0.6 is 62.3 Å². The van der Waals surface area contributed by atoms with Crippen molar-refractivity contribution in [1.29, 1.82) is 0 Å². The molecular weight excluding hydrogens is 258 g/mol. The monoisotopic (exact) mass is 258 g/mol. The fourth-order valence-corrected chi connectivity index (χ4v) is 0.979. The topological polar surface area (TPSA) is 0 Å². The third-order valence-corrected chi connectivity index (χ3v) is 3.01. The first-order chi connectivity index (χ1) is 3.48. The maximum Gasteiger partial charge on any atom is 0.189 e. The predicted molar refractivity (Wildman–Crippen MR) is 43.7 cm³/mol. The van der Waals surface area contributed by atoms with Crippen LogP contribution < -0.4 is 0 Å². The van der Waals surface area contributed by atoms with Crippen LogP contribution in [0.25, 0.3) is 0 Å². The number of hydrogen-bond donors (Lipinski definition) is 0. The summed E-state index contributed by atoms with van der Waals surface area (Å²) in [6, 6.07) is 0. The highest BCUT2D eigenvalue weighted by Crippen LogP contribution is 2.36. The van der Waals surface area contributed by atoms with Crippen molar-refractivity contribution in [2.24, 2.45) is 0 Å². The Kier molecular flexibility index (Phi) is 4.49. The molecule has 0 spiro atoms. The maximum atomic E-state index is 5.50. The normalized spacial score (nSPS) is 16.1. The third kappa shape index (κ3) is 3.62. The van der Waals surface area contributed by atoms with Crippen LogP contribution in [0.2, 0.25) is 0 Å². The minimum Gasteiger partial charge on any atom is -0.125 e. The maximum absolute atomic E-state index is 5.50. The van der Waals surface area contributed by atoms with E-state index in [-0.39, 0.29) is 5.88 Å². The van der Waals surface area contributed by atoms with E-state index in [0.717, 1.165) is 0 Å².